The van der Waals surface area contributed by atoms with E-state index in [2.05, 4.69) is 20.4 Å². The van der Waals surface area contributed by atoms with Crippen molar-refractivity contribution >= 4 is 34.9 Å². The number of hydrogen-bond acceptors (Lipinski definition) is 8. The molecular formula is C22H23Cl2N5O4. The molecule has 0 atom stereocenters. The van der Waals surface area contributed by atoms with Crippen molar-refractivity contribution in [2.45, 2.75) is 44.3 Å². The van der Waals surface area contributed by atoms with Crippen LogP contribution in [0.4, 0.5) is 5.82 Å². The Morgan fingerprint density at radius 3 is 2.55 bits per heavy atom. The number of nitrogens with two attached hydrogens (primary N) is 1. The van der Waals surface area contributed by atoms with Crippen LogP contribution in [0.2, 0.25) is 10.0 Å². The number of rotatable bonds is 7. The van der Waals surface area contributed by atoms with Crippen molar-refractivity contribution in [2.24, 2.45) is 10.9 Å². The fraction of sp³-hybridized carbons (Fsp3) is 0.409. The maximum atomic E-state index is 8.78. The van der Waals surface area contributed by atoms with Crippen LogP contribution < -0.4 is 10.6 Å². The molecule has 2 aromatic heterocycles. The van der Waals surface area contributed by atoms with Crippen molar-refractivity contribution < 1.29 is 19.0 Å². The number of hydrogen-bond donors (Lipinski definition) is 2. The number of anilines is 1. The molecule has 1 aliphatic carbocycles. The van der Waals surface area contributed by atoms with Gasteiger partial charge in [0.25, 0.3) is 0 Å². The van der Waals surface area contributed by atoms with Gasteiger partial charge in [-0.2, -0.15) is 0 Å². The summed E-state index contributed by atoms with van der Waals surface area (Å²) in [5.74, 6) is 2.03. The van der Waals surface area contributed by atoms with Gasteiger partial charge in [0.2, 0.25) is 11.6 Å². The first kappa shape index (κ1) is 22.1. The number of benzene rings is 1. The second kappa shape index (κ2) is 9.24. The summed E-state index contributed by atoms with van der Waals surface area (Å²) < 4.78 is 17.2. The summed E-state index contributed by atoms with van der Waals surface area (Å²) in [6.45, 7) is 1.87. The van der Waals surface area contributed by atoms with Crippen LogP contribution in [0.3, 0.4) is 0 Å². The van der Waals surface area contributed by atoms with Crippen molar-refractivity contribution in [1.82, 2.24) is 10.3 Å². The van der Waals surface area contributed by atoms with Crippen molar-refractivity contribution in [1.29, 1.82) is 0 Å². The highest BCUT2D eigenvalue weighted by atomic mass is 35.5. The molecule has 9 nitrogen and oxygen atoms in total. The molecule has 2 aliphatic rings. The normalized spacial score (nSPS) is 17.6. The van der Waals surface area contributed by atoms with E-state index in [1.165, 1.54) is 0 Å². The van der Waals surface area contributed by atoms with Crippen LogP contribution in [-0.4, -0.2) is 40.5 Å². The van der Waals surface area contributed by atoms with Crippen LogP contribution in [0.15, 0.2) is 38.5 Å². The first-order chi connectivity index (χ1) is 16.0. The molecule has 0 spiro atoms. The predicted octanol–water partition coefficient (Wildman–Crippen LogP) is 4.79. The average molecular weight is 492 g/mol. The molecule has 33 heavy (non-hydrogen) atoms. The van der Waals surface area contributed by atoms with Gasteiger partial charge in [0.05, 0.1) is 22.8 Å². The zero-order chi connectivity index (χ0) is 22.9. The Bertz CT molecular complexity index is 1150. The summed E-state index contributed by atoms with van der Waals surface area (Å²) in [4.78, 5) is 2.08. The molecule has 3 heterocycles. The van der Waals surface area contributed by atoms with Crippen LogP contribution in [0.5, 0.6) is 0 Å². The Hall–Kier alpha value is -2.75. The number of aromatic nitrogens is 2. The van der Waals surface area contributed by atoms with E-state index in [1.54, 1.807) is 18.2 Å². The third kappa shape index (κ3) is 4.53. The molecule has 1 saturated carbocycles. The summed E-state index contributed by atoms with van der Waals surface area (Å²) in [5, 5.41) is 21.1. The number of oxime groups is 1. The molecule has 0 radical (unpaired) electrons. The van der Waals surface area contributed by atoms with Gasteiger partial charge in [-0.3, -0.25) is 0 Å². The summed E-state index contributed by atoms with van der Waals surface area (Å²) >= 11 is 12.9. The fourth-order valence-corrected chi connectivity index (χ4v) is 4.66. The minimum atomic E-state index is -0.110. The molecule has 1 aromatic carbocycles. The van der Waals surface area contributed by atoms with Gasteiger partial charge in [-0.1, -0.05) is 44.7 Å². The average Bonchev–Trinajstić information content (AvgIpc) is 3.39. The standard InChI is InChI=1S/C22H23Cl2N5O4/c23-15-2-1-3-16(24)19(15)20-14(21(33-28-20)12-4-5-12)11-31-13-6-8-29(9-7-13)18-10-17(32-27-18)22(25)26-30/h1-3,10,12-13,30H,4-9,11H2,(H2,25,26). The molecule has 11 heteroatoms. The molecule has 3 N–H and O–H groups in total. The topological polar surface area (TPSA) is 123 Å². The highest BCUT2D eigenvalue weighted by Crippen LogP contribution is 2.46. The molecule has 0 amide bonds. The molecular weight excluding hydrogens is 469 g/mol. The van der Waals surface area contributed by atoms with Gasteiger partial charge in [-0.25, -0.2) is 0 Å². The van der Waals surface area contributed by atoms with E-state index >= 15 is 0 Å². The molecule has 1 saturated heterocycles. The van der Waals surface area contributed by atoms with E-state index in [4.69, 9.17) is 47.9 Å². The van der Waals surface area contributed by atoms with E-state index < -0.39 is 0 Å². The minimum Gasteiger partial charge on any atom is -0.409 e. The van der Waals surface area contributed by atoms with Gasteiger partial charge < -0.3 is 29.6 Å². The summed E-state index contributed by atoms with van der Waals surface area (Å²) in [5.41, 5.74) is 7.81. The van der Waals surface area contributed by atoms with E-state index in [1.807, 2.05) is 6.07 Å². The van der Waals surface area contributed by atoms with Gasteiger partial charge in [-0.05, 0) is 37.8 Å². The molecule has 0 unspecified atom stereocenters. The number of nitrogens with zero attached hydrogens (tertiary/aromatic N) is 4. The molecule has 1 aliphatic heterocycles. The van der Waals surface area contributed by atoms with Crippen LogP contribution in [0.1, 0.15) is 48.7 Å². The van der Waals surface area contributed by atoms with Crippen molar-refractivity contribution in [3.05, 3.63) is 51.4 Å². The third-order valence-electron chi connectivity index (χ3n) is 6.05. The minimum absolute atomic E-state index is 0.0771. The van der Waals surface area contributed by atoms with E-state index in [9.17, 15) is 0 Å². The van der Waals surface area contributed by atoms with Crippen molar-refractivity contribution in [3.8, 4) is 11.3 Å². The largest absolute Gasteiger partial charge is 0.409 e. The first-order valence-corrected chi connectivity index (χ1v) is 11.5. The Balaban J connectivity index is 1.26. The summed E-state index contributed by atoms with van der Waals surface area (Å²) in [6, 6.07) is 7.06. The highest BCUT2D eigenvalue weighted by Gasteiger charge is 2.34. The van der Waals surface area contributed by atoms with Gasteiger partial charge in [0, 0.05) is 36.2 Å². The number of ether oxygens (including phenoxy) is 1. The molecule has 3 aromatic rings. The number of piperidine rings is 1. The zero-order valence-electron chi connectivity index (χ0n) is 17.7. The third-order valence-corrected chi connectivity index (χ3v) is 6.68. The number of amidine groups is 1. The predicted molar refractivity (Wildman–Crippen MR) is 123 cm³/mol. The second-order valence-electron chi connectivity index (χ2n) is 8.28. The number of halogens is 2. The summed E-state index contributed by atoms with van der Waals surface area (Å²) in [7, 11) is 0. The van der Waals surface area contributed by atoms with Crippen molar-refractivity contribution in [3.63, 3.8) is 0 Å². The first-order valence-electron chi connectivity index (χ1n) is 10.8. The van der Waals surface area contributed by atoms with Crippen molar-refractivity contribution in [2.75, 3.05) is 18.0 Å². The monoisotopic (exact) mass is 491 g/mol. The smallest absolute Gasteiger partial charge is 0.208 e. The highest BCUT2D eigenvalue weighted by molar-refractivity contribution is 6.39. The lowest BCUT2D eigenvalue weighted by Gasteiger charge is -2.31. The Labute approximate surface area is 200 Å². The van der Waals surface area contributed by atoms with Crippen LogP contribution in [0, 0.1) is 0 Å². The SMILES string of the molecule is NC(=NO)c1cc(N2CCC(OCc3c(-c4c(Cl)cccc4Cl)noc3C3CC3)CC2)no1. The Morgan fingerprint density at radius 2 is 1.88 bits per heavy atom. The van der Waals surface area contributed by atoms with Gasteiger partial charge in [-0.15, -0.1) is 0 Å². The lowest BCUT2D eigenvalue weighted by atomic mass is 10.0. The Kier molecular flexibility index (Phi) is 6.18. The van der Waals surface area contributed by atoms with Crippen LogP contribution in [-0.2, 0) is 11.3 Å². The quantitative estimate of drug-likeness (QED) is 0.209. The van der Waals surface area contributed by atoms with Crippen LogP contribution in [0.25, 0.3) is 11.3 Å². The maximum absolute atomic E-state index is 8.78. The fourth-order valence-electron chi connectivity index (χ4n) is 4.09. The van der Waals surface area contributed by atoms with Gasteiger partial charge >= 0.3 is 0 Å². The molecule has 2 fully saturated rings. The van der Waals surface area contributed by atoms with E-state index in [-0.39, 0.29) is 17.7 Å². The van der Waals surface area contributed by atoms with Gasteiger partial charge in [0.1, 0.15) is 11.5 Å². The molecule has 5 rings (SSSR count). The molecule has 174 valence electrons. The van der Waals surface area contributed by atoms with Gasteiger partial charge in [0.15, 0.2) is 5.82 Å². The van der Waals surface area contributed by atoms with Crippen LogP contribution >= 0.6 is 23.2 Å². The second-order valence-corrected chi connectivity index (χ2v) is 9.09. The summed E-state index contributed by atoms with van der Waals surface area (Å²) in [6.07, 6.45) is 3.88. The molecule has 0 bridgehead atoms. The zero-order valence-corrected chi connectivity index (χ0v) is 19.2. The Morgan fingerprint density at radius 1 is 1.15 bits per heavy atom. The lowest BCUT2D eigenvalue weighted by molar-refractivity contribution is 0.0245. The van der Waals surface area contributed by atoms with E-state index in [0.29, 0.717) is 39.6 Å². The lowest BCUT2D eigenvalue weighted by Crippen LogP contribution is -2.37. The maximum Gasteiger partial charge on any atom is 0.208 e. The van der Waals surface area contributed by atoms with E-state index in [0.717, 1.165) is 50.1 Å².